The maximum absolute atomic E-state index is 11.0. The van der Waals surface area contributed by atoms with Crippen molar-refractivity contribution in [1.82, 2.24) is 4.90 Å². The molecule has 0 radical (unpaired) electrons. The smallest absolute Gasteiger partial charge is 0.292 e. The third-order valence-corrected chi connectivity index (χ3v) is 3.67. The van der Waals surface area contributed by atoms with E-state index in [0.29, 0.717) is 23.8 Å². The molecule has 6 heteroatoms. The van der Waals surface area contributed by atoms with Crippen molar-refractivity contribution < 1.29 is 4.92 Å². The zero-order chi connectivity index (χ0) is 14.5. The number of nitro benzene ring substituents is 1. The van der Waals surface area contributed by atoms with Crippen LogP contribution in [0.2, 0.25) is 0 Å². The number of anilines is 1. The van der Waals surface area contributed by atoms with E-state index in [1.54, 1.807) is 0 Å². The average Bonchev–Trinajstić information content (AvgIpc) is 2.98. The van der Waals surface area contributed by atoms with Gasteiger partial charge in [-0.25, -0.2) is 0 Å². The fourth-order valence-electron chi connectivity index (χ4n) is 2.48. The summed E-state index contributed by atoms with van der Waals surface area (Å²) in [5, 5.41) is 23.0. The Labute approximate surface area is 118 Å². The zero-order valence-electron chi connectivity index (χ0n) is 11.5. The Balaban J connectivity index is 2.07. The van der Waals surface area contributed by atoms with Crippen LogP contribution < -0.4 is 5.32 Å². The first-order valence-corrected chi connectivity index (χ1v) is 6.78. The summed E-state index contributed by atoms with van der Waals surface area (Å²) in [5.41, 5.74) is 0.852. The lowest BCUT2D eigenvalue weighted by molar-refractivity contribution is -0.384. The molecular formula is C14H18N4O2. The average molecular weight is 274 g/mol. The third-order valence-electron chi connectivity index (χ3n) is 3.67. The summed E-state index contributed by atoms with van der Waals surface area (Å²) in [6.45, 7) is 4.92. The quantitative estimate of drug-likeness (QED) is 0.658. The van der Waals surface area contributed by atoms with Gasteiger partial charge in [-0.2, -0.15) is 5.26 Å². The molecule has 0 saturated carbocycles. The third kappa shape index (κ3) is 3.25. The van der Waals surface area contributed by atoms with E-state index in [2.05, 4.69) is 17.1 Å². The minimum Gasteiger partial charge on any atom is -0.378 e. The summed E-state index contributed by atoms with van der Waals surface area (Å²) in [6.07, 6.45) is 2.43. The summed E-state index contributed by atoms with van der Waals surface area (Å²) in [7, 11) is 0. The van der Waals surface area contributed by atoms with Crippen LogP contribution >= 0.6 is 0 Å². The summed E-state index contributed by atoms with van der Waals surface area (Å²) in [5.74, 6) is 0. The van der Waals surface area contributed by atoms with Gasteiger partial charge in [-0.05, 0) is 45.0 Å². The number of rotatable bonds is 5. The first-order chi connectivity index (χ1) is 9.61. The fourth-order valence-corrected chi connectivity index (χ4v) is 2.48. The van der Waals surface area contributed by atoms with Crippen molar-refractivity contribution in [2.45, 2.75) is 25.8 Å². The van der Waals surface area contributed by atoms with Crippen LogP contribution in [0.5, 0.6) is 0 Å². The molecule has 1 heterocycles. The van der Waals surface area contributed by atoms with Crippen LogP contribution in [-0.4, -0.2) is 35.5 Å². The van der Waals surface area contributed by atoms with E-state index in [-0.39, 0.29) is 5.69 Å². The number of nitro groups is 1. The van der Waals surface area contributed by atoms with Crippen molar-refractivity contribution in [1.29, 1.82) is 5.26 Å². The Morgan fingerprint density at radius 1 is 1.50 bits per heavy atom. The predicted molar refractivity (Wildman–Crippen MR) is 76.6 cm³/mol. The van der Waals surface area contributed by atoms with E-state index in [1.807, 2.05) is 6.07 Å². The van der Waals surface area contributed by atoms with Crippen molar-refractivity contribution in [2.75, 3.05) is 25.0 Å². The minimum absolute atomic E-state index is 0.0117. The number of nitrogens with one attached hydrogen (secondary N) is 1. The van der Waals surface area contributed by atoms with Crippen LogP contribution in [-0.2, 0) is 0 Å². The minimum atomic E-state index is -0.427. The van der Waals surface area contributed by atoms with Crippen LogP contribution in [0.4, 0.5) is 11.4 Å². The topological polar surface area (TPSA) is 82.2 Å². The van der Waals surface area contributed by atoms with E-state index in [4.69, 9.17) is 5.26 Å². The normalized spacial score (nSPS) is 16.6. The molecule has 2 rings (SSSR count). The highest BCUT2D eigenvalue weighted by molar-refractivity contribution is 5.64. The second kappa shape index (κ2) is 6.35. The summed E-state index contributed by atoms with van der Waals surface area (Å²) in [4.78, 5) is 12.9. The number of nitriles is 1. The molecular weight excluding hydrogens is 256 g/mol. The Kier molecular flexibility index (Phi) is 4.53. The molecule has 0 spiro atoms. The zero-order valence-corrected chi connectivity index (χ0v) is 11.5. The molecule has 106 valence electrons. The maximum Gasteiger partial charge on any atom is 0.292 e. The molecule has 1 saturated heterocycles. The van der Waals surface area contributed by atoms with Gasteiger partial charge < -0.3 is 5.32 Å². The summed E-state index contributed by atoms with van der Waals surface area (Å²) in [6, 6.07) is 6.70. The number of nitrogens with zero attached hydrogens (tertiary/aromatic N) is 3. The van der Waals surface area contributed by atoms with Gasteiger partial charge >= 0.3 is 0 Å². The SMILES string of the molecule is CC(CNc1cc(C#N)ccc1[N+](=O)[O-])N1CCCC1. The Morgan fingerprint density at radius 2 is 2.20 bits per heavy atom. The molecule has 20 heavy (non-hydrogen) atoms. The van der Waals surface area contributed by atoms with E-state index in [1.165, 1.54) is 31.0 Å². The van der Waals surface area contributed by atoms with Crippen LogP contribution in [0.25, 0.3) is 0 Å². The highest BCUT2D eigenvalue weighted by Gasteiger charge is 2.19. The number of likely N-dealkylation sites (tertiary alicyclic amines) is 1. The Hall–Kier alpha value is -2.13. The largest absolute Gasteiger partial charge is 0.378 e. The van der Waals surface area contributed by atoms with Gasteiger partial charge in [0.05, 0.1) is 16.6 Å². The van der Waals surface area contributed by atoms with Crippen LogP contribution in [0.1, 0.15) is 25.3 Å². The van der Waals surface area contributed by atoms with Gasteiger partial charge in [0, 0.05) is 18.7 Å². The highest BCUT2D eigenvalue weighted by Crippen LogP contribution is 2.25. The maximum atomic E-state index is 11.0. The van der Waals surface area contributed by atoms with Crippen molar-refractivity contribution in [3.63, 3.8) is 0 Å². The van der Waals surface area contributed by atoms with Gasteiger partial charge in [0.15, 0.2) is 0 Å². The van der Waals surface area contributed by atoms with E-state index in [9.17, 15) is 10.1 Å². The molecule has 1 fully saturated rings. The molecule has 1 aromatic rings. The van der Waals surface area contributed by atoms with Crippen LogP contribution in [0, 0.1) is 21.4 Å². The molecule has 1 N–H and O–H groups in total. The number of hydrogen-bond acceptors (Lipinski definition) is 5. The molecule has 0 amide bonds. The second-order valence-electron chi connectivity index (χ2n) is 5.07. The highest BCUT2D eigenvalue weighted by atomic mass is 16.6. The molecule has 6 nitrogen and oxygen atoms in total. The molecule has 0 bridgehead atoms. The first kappa shape index (κ1) is 14.3. The summed E-state index contributed by atoms with van der Waals surface area (Å²) < 4.78 is 0. The van der Waals surface area contributed by atoms with E-state index in [0.717, 1.165) is 13.1 Å². The van der Waals surface area contributed by atoms with E-state index >= 15 is 0 Å². The lowest BCUT2D eigenvalue weighted by atomic mass is 10.2. The van der Waals surface area contributed by atoms with Gasteiger partial charge in [0.1, 0.15) is 5.69 Å². The standard InChI is InChI=1S/C14H18N4O2/c1-11(17-6-2-3-7-17)10-16-13-8-12(9-15)4-5-14(13)18(19)20/h4-5,8,11,16H,2-3,6-7,10H2,1H3. The molecule has 1 aromatic carbocycles. The fraction of sp³-hybridized carbons (Fsp3) is 0.500. The molecule has 1 unspecified atom stereocenters. The molecule has 1 aliphatic heterocycles. The Bertz CT molecular complexity index is 532. The second-order valence-corrected chi connectivity index (χ2v) is 5.07. The molecule has 1 aliphatic rings. The van der Waals surface area contributed by atoms with Gasteiger partial charge in [0.25, 0.3) is 5.69 Å². The van der Waals surface area contributed by atoms with E-state index < -0.39 is 4.92 Å². The van der Waals surface area contributed by atoms with Gasteiger partial charge in [-0.15, -0.1) is 0 Å². The summed E-state index contributed by atoms with van der Waals surface area (Å²) >= 11 is 0. The predicted octanol–water partition coefficient (Wildman–Crippen LogP) is 2.36. The first-order valence-electron chi connectivity index (χ1n) is 6.78. The molecule has 0 aliphatic carbocycles. The monoisotopic (exact) mass is 274 g/mol. The van der Waals surface area contributed by atoms with Crippen LogP contribution in [0.15, 0.2) is 18.2 Å². The lowest BCUT2D eigenvalue weighted by Gasteiger charge is -2.24. The van der Waals surface area contributed by atoms with Crippen LogP contribution in [0.3, 0.4) is 0 Å². The van der Waals surface area contributed by atoms with Crippen molar-refractivity contribution in [3.8, 4) is 6.07 Å². The lowest BCUT2D eigenvalue weighted by Crippen LogP contribution is -2.35. The number of hydrogen-bond donors (Lipinski definition) is 1. The van der Waals surface area contributed by atoms with Gasteiger partial charge in [0.2, 0.25) is 0 Å². The molecule has 0 aromatic heterocycles. The van der Waals surface area contributed by atoms with Crippen molar-refractivity contribution in [3.05, 3.63) is 33.9 Å². The van der Waals surface area contributed by atoms with Crippen molar-refractivity contribution >= 4 is 11.4 Å². The van der Waals surface area contributed by atoms with Gasteiger partial charge in [-0.1, -0.05) is 0 Å². The number of benzene rings is 1. The van der Waals surface area contributed by atoms with Crippen molar-refractivity contribution in [2.24, 2.45) is 0 Å². The van der Waals surface area contributed by atoms with Gasteiger partial charge in [-0.3, -0.25) is 15.0 Å². The molecule has 1 atom stereocenters. The Morgan fingerprint density at radius 3 is 2.80 bits per heavy atom.